The molecule has 2 amide bonds. The summed E-state index contributed by atoms with van der Waals surface area (Å²) in [7, 11) is 0. The van der Waals surface area contributed by atoms with Crippen molar-refractivity contribution >= 4 is 11.8 Å². The van der Waals surface area contributed by atoms with Gasteiger partial charge in [-0.25, -0.2) is 0 Å². The van der Waals surface area contributed by atoms with Crippen LogP contribution in [-0.2, 0) is 9.59 Å². The Hall–Kier alpha value is -1.06. The summed E-state index contributed by atoms with van der Waals surface area (Å²) in [6, 6.07) is 0. The minimum Gasteiger partial charge on any atom is -0.368 e. The molecule has 1 aliphatic heterocycles. The molecule has 4 nitrogen and oxygen atoms in total. The van der Waals surface area contributed by atoms with E-state index in [9.17, 15) is 9.59 Å². The Morgan fingerprint density at radius 2 is 2.31 bits per heavy atom. The highest BCUT2D eigenvalue weighted by atomic mass is 16.2. The van der Waals surface area contributed by atoms with E-state index in [4.69, 9.17) is 5.73 Å². The average Bonchev–Trinajstić information content (AvgIpc) is 2.50. The summed E-state index contributed by atoms with van der Waals surface area (Å²) in [5.74, 6) is -0.367. The van der Waals surface area contributed by atoms with E-state index in [0.717, 1.165) is 6.42 Å². The minimum absolute atomic E-state index is 0.0446. The number of hydrogen-bond acceptors (Lipinski definition) is 2. The van der Waals surface area contributed by atoms with Crippen molar-refractivity contribution in [3.05, 3.63) is 0 Å². The molecule has 0 radical (unpaired) electrons. The van der Waals surface area contributed by atoms with E-state index < -0.39 is 11.4 Å². The van der Waals surface area contributed by atoms with Crippen LogP contribution in [0.2, 0.25) is 0 Å². The monoisotopic (exact) mass is 184 g/mol. The molecule has 0 aromatic heterocycles. The highest BCUT2D eigenvalue weighted by Gasteiger charge is 2.40. The minimum atomic E-state index is -0.784. The standard InChI is InChI=1S/C9H16N2O2/c1-3-9(2,8(10)13)11-6-4-5-7(11)12/h3-6H2,1-2H3,(H2,10,13)/t9-/m1/s1. The number of likely N-dealkylation sites (tertiary alicyclic amines) is 1. The fraction of sp³-hybridized carbons (Fsp3) is 0.778. The van der Waals surface area contributed by atoms with Gasteiger partial charge in [0.2, 0.25) is 11.8 Å². The van der Waals surface area contributed by atoms with Gasteiger partial charge in [0.1, 0.15) is 5.54 Å². The van der Waals surface area contributed by atoms with Crippen LogP contribution in [0.3, 0.4) is 0 Å². The van der Waals surface area contributed by atoms with Gasteiger partial charge in [-0.05, 0) is 19.8 Å². The largest absolute Gasteiger partial charge is 0.368 e. The zero-order chi connectivity index (χ0) is 10.1. The molecule has 13 heavy (non-hydrogen) atoms. The van der Waals surface area contributed by atoms with Crippen LogP contribution >= 0.6 is 0 Å². The maximum absolute atomic E-state index is 11.4. The Bertz CT molecular complexity index is 238. The maximum atomic E-state index is 11.4. The number of nitrogens with two attached hydrogens (primary N) is 1. The molecule has 0 aliphatic carbocycles. The Morgan fingerprint density at radius 3 is 2.62 bits per heavy atom. The second kappa shape index (κ2) is 3.36. The van der Waals surface area contributed by atoms with E-state index in [1.807, 2.05) is 6.92 Å². The molecule has 1 aliphatic rings. The molecule has 2 N–H and O–H groups in total. The van der Waals surface area contributed by atoms with Crippen LogP contribution in [0.4, 0.5) is 0 Å². The molecule has 1 fully saturated rings. The van der Waals surface area contributed by atoms with Gasteiger partial charge >= 0.3 is 0 Å². The summed E-state index contributed by atoms with van der Waals surface area (Å²) in [4.78, 5) is 24.2. The number of nitrogens with zero attached hydrogens (tertiary/aromatic N) is 1. The van der Waals surface area contributed by atoms with Crippen LogP contribution in [0.1, 0.15) is 33.1 Å². The molecule has 1 heterocycles. The van der Waals surface area contributed by atoms with Crippen molar-refractivity contribution < 1.29 is 9.59 Å². The van der Waals surface area contributed by atoms with Crippen LogP contribution in [0.25, 0.3) is 0 Å². The average molecular weight is 184 g/mol. The van der Waals surface area contributed by atoms with E-state index in [1.54, 1.807) is 11.8 Å². The van der Waals surface area contributed by atoms with Gasteiger partial charge in [0.05, 0.1) is 0 Å². The van der Waals surface area contributed by atoms with E-state index >= 15 is 0 Å². The Kier molecular flexibility index (Phi) is 2.59. The van der Waals surface area contributed by atoms with Crippen LogP contribution in [-0.4, -0.2) is 28.8 Å². The van der Waals surface area contributed by atoms with Crippen molar-refractivity contribution in [1.29, 1.82) is 0 Å². The maximum Gasteiger partial charge on any atom is 0.243 e. The van der Waals surface area contributed by atoms with Gasteiger partial charge in [-0.2, -0.15) is 0 Å². The number of carbonyl (C=O) groups excluding carboxylic acids is 2. The molecule has 0 bridgehead atoms. The first-order chi connectivity index (χ1) is 6.02. The molecule has 1 rings (SSSR count). The molecule has 0 saturated carbocycles. The van der Waals surface area contributed by atoms with Gasteiger partial charge in [-0.15, -0.1) is 0 Å². The van der Waals surface area contributed by atoms with Crippen molar-refractivity contribution in [1.82, 2.24) is 4.90 Å². The first kappa shape index (κ1) is 10.0. The van der Waals surface area contributed by atoms with Crippen LogP contribution in [0, 0.1) is 0 Å². The van der Waals surface area contributed by atoms with Gasteiger partial charge in [-0.1, -0.05) is 6.92 Å². The summed E-state index contributed by atoms with van der Waals surface area (Å²) < 4.78 is 0. The summed E-state index contributed by atoms with van der Waals surface area (Å²) in [5.41, 5.74) is 4.51. The van der Waals surface area contributed by atoms with Crippen molar-refractivity contribution in [2.75, 3.05) is 6.54 Å². The van der Waals surface area contributed by atoms with Crippen molar-refractivity contribution in [3.63, 3.8) is 0 Å². The number of hydrogen-bond donors (Lipinski definition) is 1. The highest BCUT2D eigenvalue weighted by Crippen LogP contribution is 2.24. The lowest BCUT2D eigenvalue weighted by Gasteiger charge is -2.35. The summed E-state index contributed by atoms with van der Waals surface area (Å²) in [6.45, 7) is 4.26. The Labute approximate surface area is 78.1 Å². The van der Waals surface area contributed by atoms with Crippen molar-refractivity contribution in [3.8, 4) is 0 Å². The van der Waals surface area contributed by atoms with Gasteiger partial charge in [-0.3, -0.25) is 9.59 Å². The highest BCUT2D eigenvalue weighted by molar-refractivity contribution is 5.90. The molecule has 0 unspecified atom stereocenters. The molecule has 1 atom stereocenters. The summed E-state index contributed by atoms with van der Waals surface area (Å²) in [5, 5.41) is 0. The third kappa shape index (κ3) is 1.53. The van der Waals surface area contributed by atoms with Crippen LogP contribution in [0.15, 0.2) is 0 Å². The lowest BCUT2D eigenvalue weighted by Crippen LogP contribution is -2.55. The normalized spacial score (nSPS) is 21.7. The fourth-order valence-corrected chi connectivity index (χ4v) is 1.67. The third-order valence-corrected chi connectivity index (χ3v) is 2.89. The molecule has 0 aromatic carbocycles. The van der Waals surface area contributed by atoms with E-state index in [-0.39, 0.29) is 5.91 Å². The second-order valence-corrected chi connectivity index (χ2v) is 3.64. The summed E-state index contributed by atoms with van der Waals surface area (Å²) >= 11 is 0. The number of amides is 2. The Morgan fingerprint density at radius 1 is 1.69 bits per heavy atom. The van der Waals surface area contributed by atoms with Crippen molar-refractivity contribution in [2.24, 2.45) is 5.73 Å². The topological polar surface area (TPSA) is 63.4 Å². The van der Waals surface area contributed by atoms with E-state index in [1.165, 1.54) is 0 Å². The lowest BCUT2D eigenvalue weighted by atomic mass is 9.96. The summed E-state index contributed by atoms with van der Waals surface area (Å²) in [6.07, 6.45) is 1.96. The van der Waals surface area contributed by atoms with E-state index in [2.05, 4.69) is 0 Å². The smallest absolute Gasteiger partial charge is 0.243 e. The first-order valence-corrected chi connectivity index (χ1v) is 4.62. The van der Waals surface area contributed by atoms with Gasteiger partial charge < -0.3 is 10.6 Å². The molecular weight excluding hydrogens is 168 g/mol. The van der Waals surface area contributed by atoms with Crippen LogP contribution in [0.5, 0.6) is 0 Å². The fourth-order valence-electron chi connectivity index (χ4n) is 1.67. The predicted octanol–water partition coefficient (Wildman–Crippen LogP) is 0.263. The van der Waals surface area contributed by atoms with Crippen LogP contribution < -0.4 is 5.73 Å². The number of primary amides is 1. The zero-order valence-electron chi connectivity index (χ0n) is 8.17. The van der Waals surface area contributed by atoms with Gasteiger partial charge in [0.15, 0.2) is 0 Å². The SMILES string of the molecule is CC[C@](C)(C(N)=O)N1CCCC1=O. The quantitative estimate of drug-likeness (QED) is 0.684. The van der Waals surface area contributed by atoms with E-state index in [0.29, 0.717) is 19.4 Å². The molecule has 0 spiro atoms. The zero-order valence-corrected chi connectivity index (χ0v) is 8.17. The van der Waals surface area contributed by atoms with Gasteiger partial charge in [0.25, 0.3) is 0 Å². The number of carbonyl (C=O) groups is 2. The van der Waals surface area contributed by atoms with Crippen molar-refractivity contribution in [2.45, 2.75) is 38.6 Å². The van der Waals surface area contributed by atoms with Gasteiger partial charge in [0, 0.05) is 13.0 Å². The molecule has 1 saturated heterocycles. The first-order valence-electron chi connectivity index (χ1n) is 4.62. The molecular formula is C9H16N2O2. The lowest BCUT2D eigenvalue weighted by molar-refractivity contribution is -0.142. The second-order valence-electron chi connectivity index (χ2n) is 3.64. The predicted molar refractivity (Wildman–Crippen MR) is 48.8 cm³/mol. The molecule has 0 aromatic rings. The molecule has 4 heteroatoms. The Balaban J connectivity index is 2.87. The third-order valence-electron chi connectivity index (χ3n) is 2.89. The molecule has 74 valence electrons. The number of rotatable bonds is 3.